The quantitative estimate of drug-likeness (QED) is 0.594. The molecule has 1 saturated heterocycles. The third-order valence-corrected chi connectivity index (χ3v) is 3.88. The number of nitriles is 1. The summed E-state index contributed by atoms with van der Waals surface area (Å²) in [4.78, 5) is 10.2. The van der Waals surface area contributed by atoms with Crippen molar-refractivity contribution < 1.29 is 13.2 Å². The maximum absolute atomic E-state index is 11.0. The number of carbonyl (C=O) groups excluding carboxylic acids is 1. The highest BCUT2D eigenvalue weighted by Gasteiger charge is 2.36. The molecule has 6 heteroatoms. The van der Waals surface area contributed by atoms with Gasteiger partial charge in [0.25, 0.3) is 0 Å². The molecule has 1 rings (SSSR count). The second kappa shape index (κ2) is 3.34. The van der Waals surface area contributed by atoms with Crippen LogP contribution in [0, 0.1) is 11.3 Å². The molecule has 0 aromatic heterocycles. The van der Waals surface area contributed by atoms with Gasteiger partial charge < -0.3 is 5.32 Å². The minimum Gasteiger partial charge on any atom is -0.340 e. The summed E-state index contributed by atoms with van der Waals surface area (Å²) in [5.74, 6) is -0.0528. The zero-order valence-electron chi connectivity index (χ0n) is 6.99. The van der Waals surface area contributed by atoms with E-state index in [0.29, 0.717) is 6.41 Å². The van der Waals surface area contributed by atoms with Gasteiger partial charge in [0.15, 0.2) is 9.84 Å². The summed E-state index contributed by atoms with van der Waals surface area (Å²) in [6, 6.07) is 1.95. The molecule has 72 valence electrons. The van der Waals surface area contributed by atoms with Crippen LogP contribution < -0.4 is 5.32 Å². The van der Waals surface area contributed by atoms with Gasteiger partial charge in [-0.25, -0.2) is 8.42 Å². The van der Waals surface area contributed by atoms with Crippen LogP contribution in [-0.4, -0.2) is 31.9 Å². The molecule has 0 aromatic rings. The number of hydrogen-bond donors (Lipinski definition) is 1. The van der Waals surface area contributed by atoms with E-state index < -0.39 is 15.4 Å². The van der Waals surface area contributed by atoms with E-state index in [0.717, 1.165) is 0 Å². The van der Waals surface area contributed by atoms with Crippen molar-refractivity contribution in [2.24, 2.45) is 0 Å². The summed E-state index contributed by atoms with van der Waals surface area (Å²) in [6.45, 7) is 0. The summed E-state index contributed by atoms with van der Waals surface area (Å²) >= 11 is 0. The molecule has 5 nitrogen and oxygen atoms in total. The van der Waals surface area contributed by atoms with Gasteiger partial charge in [-0.05, 0) is 12.8 Å². The zero-order chi connectivity index (χ0) is 9.95. The van der Waals surface area contributed by atoms with E-state index in [1.54, 1.807) is 0 Å². The van der Waals surface area contributed by atoms with Gasteiger partial charge >= 0.3 is 0 Å². The smallest absolute Gasteiger partial charge is 0.208 e. The van der Waals surface area contributed by atoms with Crippen molar-refractivity contribution in [3.8, 4) is 6.07 Å². The van der Waals surface area contributed by atoms with Crippen molar-refractivity contribution in [1.29, 1.82) is 5.26 Å². The van der Waals surface area contributed by atoms with Gasteiger partial charge in [-0.2, -0.15) is 5.26 Å². The van der Waals surface area contributed by atoms with E-state index >= 15 is 0 Å². The molecular formula is C7H10N2O3S. The molecule has 0 aromatic carbocycles. The van der Waals surface area contributed by atoms with E-state index in [2.05, 4.69) is 5.32 Å². The van der Waals surface area contributed by atoms with Crippen LogP contribution in [0.4, 0.5) is 0 Å². The SMILES string of the molecule is N#CC1(NC=O)CCS(=O)(=O)CC1. The first-order chi connectivity index (χ1) is 6.04. The Morgan fingerprint density at radius 1 is 1.38 bits per heavy atom. The van der Waals surface area contributed by atoms with Crippen LogP contribution in [0.15, 0.2) is 0 Å². The lowest BCUT2D eigenvalue weighted by atomic mass is 9.95. The van der Waals surface area contributed by atoms with Gasteiger partial charge in [0.1, 0.15) is 5.54 Å². The molecule has 1 aliphatic rings. The zero-order valence-corrected chi connectivity index (χ0v) is 7.80. The molecular weight excluding hydrogens is 192 g/mol. The van der Waals surface area contributed by atoms with E-state index in [9.17, 15) is 13.2 Å². The van der Waals surface area contributed by atoms with Crippen LogP contribution >= 0.6 is 0 Å². The summed E-state index contributed by atoms with van der Waals surface area (Å²) in [6.07, 6.45) is 0.816. The Balaban J connectivity index is 2.75. The van der Waals surface area contributed by atoms with Crippen LogP contribution in [0.5, 0.6) is 0 Å². The fourth-order valence-electron chi connectivity index (χ4n) is 1.29. The fourth-order valence-corrected chi connectivity index (χ4v) is 2.81. The highest BCUT2D eigenvalue weighted by molar-refractivity contribution is 7.91. The van der Waals surface area contributed by atoms with Gasteiger partial charge in [0.05, 0.1) is 17.6 Å². The minimum absolute atomic E-state index is 0.0264. The van der Waals surface area contributed by atoms with Crippen molar-refractivity contribution in [3.63, 3.8) is 0 Å². The number of amides is 1. The third-order valence-electron chi connectivity index (χ3n) is 2.23. The van der Waals surface area contributed by atoms with Crippen LogP contribution in [0.2, 0.25) is 0 Å². The van der Waals surface area contributed by atoms with Crippen molar-refractivity contribution in [2.75, 3.05) is 11.5 Å². The highest BCUT2D eigenvalue weighted by Crippen LogP contribution is 2.22. The van der Waals surface area contributed by atoms with Gasteiger partial charge in [-0.15, -0.1) is 0 Å². The monoisotopic (exact) mass is 202 g/mol. The highest BCUT2D eigenvalue weighted by atomic mass is 32.2. The predicted molar refractivity (Wildman–Crippen MR) is 45.4 cm³/mol. The lowest BCUT2D eigenvalue weighted by Gasteiger charge is -2.29. The van der Waals surface area contributed by atoms with Gasteiger partial charge in [0.2, 0.25) is 6.41 Å². The Hall–Kier alpha value is -1.09. The average Bonchev–Trinajstić information content (AvgIpc) is 2.10. The Bertz CT molecular complexity index is 327. The Labute approximate surface area is 76.7 Å². The van der Waals surface area contributed by atoms with E-state index in [1.807, 2.05) is 6.07 Å². The number of nitrogens with zero attached hydrogens (tertiary/aromatic N) is 1. The summed E-state index contributed by atoms with van der Waals surface area (Å²) in [5.41, 5.74) is -0.965. The molecule has 0 saturated carbocycles. The van der Waals surface area contributed by atoms with Gasteiger partial charge in [-0.1, -0.05) is 0 Å². The normalized spacial score (nSPS) is 24.2. The van der Waals surface area contributed by atoms with Crippen LogP contribution in [-0.2, 0) is 14.6 Å². The number of hydrogen-bond acceptors (Lipinski definition) is 4. The molecule has 0 atom stereocenters. The molecule has 13 heavy (non-hydrogen) atoms. The molecule has 0 unspecified atom stereocenters. The summed E-state index contributed by atoms with van der Waals surface area (Å²) < 4.78 is 22.1. The van der Waals surface area contributed by atoms with E-state index in [4.69, 9.17) is 5.26 Å². The van der Waals surface area contributed by atoms with E-state index in [1.165, 1.54) is 0 Å². The first-order valence-corrected chi connectivity index (χ1v) is 5.69. The largest absolute Gasteiger partial charge is 0.340 e. The lowest BCUT2D eigenvalue weighted by molar-refractivity contribution is -0.110. The number of nitrogens with one attached hydrogen (secondary N) is 1. The molecule has 1 N–H and O–H groups in total. The van der Waals surface area contributed by atoms with E-state index in [-0.39, 0.29) is 24.3 Å². The minimum atomic E-state index is -2.99. The van der Waals surface area contributed by atoms with Crippen LogP contribution in [0.25, 0.3) is 0 Å². The molecule has 0 radical (unpaired) electrons. The second-order valence-electron chi connectivity index (χ2n) is 3.11. The topological polar surface area (TPSA) is 87.0 Å². The second-order valence-corrected chi connectivity index (χ2v) is 5.41. The molecule has 0 aliphatic carbocycles. The predicted octanol–water partition coefficient (Wildman–Crippen LogP) is -0.797. The first-order valence-electron chi connectivity index (χ1n) is 3.87. The van der Waals surface area contributed by atoms with Crippen molar-refractivity contribution in [1.82, 2.24) is 5.32 Å². The lowest BCUT2D eigenvalue weighted by Crippen LogP contribution is -2.49. The van der Waals surface area contributed by atoms with Crippen LogP contribution in [0.1, 0.15) is 12.8 Å². The molecule has 0 spiro atoms. The number of carbonyl (C=O) groups is 1. The molecule has 1 heterocycles. The molecule has 1 aliphatic heterocycles. The summed E-state index contributed by atoms with van der Waals surface area (Å²) in [5, 5.41) is 11.2. The Kier molecular flexibility index (Phi) is 2.57. The summed E-state index contributed by atoms with van der Waals surface area (Å²) in [7, 11) is -2.99. The van der Waals surface area contributed by atoms with Gasteiger partial charge in [-0.3, -0.25) is 4.79 Å². The number of rotatable bonds is 2. The Morgan fingerprint density at radius 2 is 1.92 bits per heavy atom. The Morgan fingerprint density at radius 3 is 2.31 bits per heavy atom. The fraction of sp³-hybridized carbons (Fsp3) is 0.714. The average molecular weight is 202 g/mol. The maximum atomic E-state index is 11.0. The third kappa shape index (κ3) is 2.18. The van der Waals surface area contributed by atoms with Crippen molar-refractivity contribution >= 4 is 16.2 Å². The standard InChI is InChI=1S/C7H10N2O3S/c8-5-7(9-6-10)1-3-13(11,12)4-2-7/h6H,1-4H2,(H,9,10). The van der Waals surface area contributed by atoms with Crippen molar-refractivity contribution in [2.45, 2.75) is 18.4 Å². The van der Waals surface area contributed by atoms with Crippen molar-refractivity contribution in [3.05, 3.63) is 0 Å². The van der Waals surface area contributed by atoms with Crippen LogP contribution in [0.3, 0.4) is 0 Å². The number of sulfone groups is 1. The molecule has 1 fully saturated rings. The van der Waals surface area contributed by atoms with Gasteiger partial charge in [0, 0.05) is 0 Å². The maximum Gasteiger partial charge on any atom is 0.208 e. The molecule has 0 bridgehead atoms. The molecule has 1 amide bonds. The first kappa shape index (κ1) is 9.99.